The Bertz CT molecular complexity index is 618. The van der Waals surface area contributed by atoms with Crippen LogP contribution in [-0.2, 0) is 6.42 Å². The van der Waals surface area contributed by atoms with Crippen molar-refractivity contribution in [2.24, 2.45) is 0 Å². The third-order valence-electron chi connectivity index (χ3n) is 3.52. The highest BCUT2D eigenvalue weighted by atomic mass is 16.3. The first-order chi connectivity index (χ1) is 8.57. The Labute approximate surface area is 105 Å². The standard InChI is InChI=1S/C14H16N2O2/c1-10-9-15-13(17)16(10)12-4-2-11(3-5-12)8-14(18)6-7-14/h2-5,9,18H,6-8H2,1H3,(H,15,17). The summed E-state index contributed by atoms with van der Waals surface area (Å²) in [6, 6.07) is 7.79. The van der Waals surface area contributed by atoms with E-state index in [4.69, 9.17) is 0 Å². The summed E-state index contributed by atoms with van der Waals surface area (Å²) in [7, 11) is 0. The number of hydrogen-bond donors (Lipinski definition) is 2. The number of H-pyrrole nitrogens is 1. The van der Waals surface area contributed by atoms with Crippen LogP contribution < -0.4 is 5.69 Å². The maximum Gasteiger partial charge on any atom is 0.330 e. The van der Waals surface area contributed by atoms with Gasteiger partial charge in [-0.3, -0.25) is 4.57 Å². The van der Waals surface area contributed by atoms with Gasteiger partial charge in [0.15, 0.2) is 0 Å². The Balaban J connectivity index is 1.89. The third-order valence-corrected chi connectivity index (χ3v) is 3.52. The summed E-state index contributed by atoms with van der Waals surface area (Å²) in [5, 5.41) is 9.86. The Morgan fingerprint density at radius 2 is 2.00 bits per heavy atom. The molecule has 4 heteroatoms. The normalized spacial score (nSPS) is 16.8. The minimum absolute atomic E-state index is 0.124. The lowest BCUT2D eigenvalue weighted by molar-refractivity contribution is 0.151. The molecule has 0 unspecified atom stereocenters. The zero-order valence-corrected chi connectivity index (χ0v) is 10.3. The molecule has 0 spiro atoms. The van der Waals surface area contributed by atoms with Crippen molar-refractivity contribution in [2.75, 3.05) is 0 Å². The molecule has 2 aromatic rings. The van der Waals surface area contributed by atoms with E-state index in [-0.39, 0.29) is 5.69 Å². The SMILES string of the molecule is Cc1c[nH]c(=O)n1-c1ccc(CC2(O)CC2)cc1. The molecule has 18 heavy (non-hydrogen) atoms. The van der Waals surface area contributed by atoms with Crippen molar-refractivity contribution in [3.05, 3.63) is 52.2 Å². The van der Waals surface area contributed by atoms with E-state index < -0.39 is 5.60 Å². The molecule has 0 atom stereocenters. The number of aromatic amines is 1. The number of nitrogens with zero attached hydrogens (tertiary/aromatic N) is 1. The van der Waals surface area contributed by atoms with Gasteiger partial charge in [0, 0.05) is 18.3 Å². The molecular formula is C14H16N2O2. The van der Waals surface area contributed by atoms with Crippen molar-refractivity contribution in [1.82, 2.24) is 9.55 Å². The first kappa shape index (κ1) is 11.3. The van der Waals surface area contributed by atoms with Crippen LogP contribution in [0.2, 0.25) is 0 Å². The maximum atomic E-state index is 11.6. The number of aryl methyl sites for hydroxylation is 1. The molecule has 4 nitrogen and oxygen atoms in total. The number of benzene rings is 1. The van der Waals surface area contributed by atoms with Crippen LogP contribution in [0.4, 0.5) is 0 Å². The van der Waals surface area contributed by atoms with E-state index in [0.29, 0.717) is 6.42 Å². The second-order valence-corrected chi connectivity index (χ2v) is 5.14. The van der Waals surface area contributed by atoms with Gasteiger partial charge < -0.3 is 10.1 Å². The molecule has 2 N–H and O–H groups in total. The molecular weight excluding hydrogens is 228 g/mol. The average Bonchev–Trinajstić information content (AvgIpc) is 2.97. The smallest absolute Gasteiger partial charge is 0.330 e. The Hall–Kier alpha value is -1.81. The highest BCUT2D eigenvalue weighted by Crippen LogP contribution is 2.38. The lowest BCUT2D eigenvalue weighted by Gasteiger charge is -2.09. The topological polar surface area (TPSA) is 58.0 Å². The second-order valence-electron chi connectivity index (χ2n) is 5.14. The zero-order valence-electron chi connectivity index (χ0n) is 10.3. The molecule has 1 heterocycles. The summed E-state index contributed by atoms with van der Waals surface area (Å²) in [4.78, 5) is 14.3. The molecule has 3 rings (SSSR count). The van der Waals surface area contributed by atoms with Crippen molar-refractivity contribution in [3.63, 3.8) is 0 Å². The molecule has 0 radical (unpaired) electrons. The van der Waals surface area contributed by atoms with E-state index in [1.807, 2.05) is 31.2 Å². The van der Waals surface area contributed by atoms with E-state index in [1.54, 1.807) is 10.8 Å². The van der Waals surface area contributed by atoms with Crippen LogP contribution >= 0.6 is 0 Å². The van der Waals surface area contributed by atoms with Gasteiger partial charge in [-0.05, 0) is 37.5 Å². The molecule has 1 aliphatic rings. The fourth-order valence-corrected chi connectivity index (χ4v) is 2.24. The number of aromatic nitrogens is 2. The van der Waals surface area contributed by atoms with E-state index >= 15 is 0 Å². The lowest BCUT2D eigenvalue weighted by atomic mass is 10.1. The maximum absolute atomic E-state index is 11.6. The Morgan fingerprint density at radius 1 is 1.33 bits per heavy atom. The van der Waals surface area contributed by atoms with Crippen LogP contribution in [0.3, 0.4) is 0 Å². The number of rotatable bonds is 3. The van der Waals surface area contributed by atoms with Crippen LogP contribution in [0.25, 0.3) is 5.69 Å². The van der Waals surface area contributed by atoms with Crippen molar-refractivity contribution < 1.29 is 5.11 Å². The van der Waals surface area contributed by atoms with Crippen LogP contribution in [0.1, 0.15) is 24.1 Å². The van der Waals surface area contributed by atoms with Crippen LogP contribution in [0.5, 0.6) is 0 Å². The average molecular weight is 244 g/mol. The zero-order chi connectivity index (χ0) is 12.8. The molecule has 1 aromatic carbocycles. The summed E-state index contributed by atoms with van der Waals surface area (Å²) in [6.45, 7) is 1.89. The molecule has 0 bridgehead atoms. The summed E-state index contributed by atoms with van der Waals surface area (Å²) >= 11 is 0. The molecule has 0 aliphatic heterocycles. The van der Waals surface area contributed by atoms with Crippen LogP contribution in [-0.4, -0.2) is 20.3 Å². The first-order valence-electron chi connectivity index (χ1n) is 6.16. The molecule has 1 fully saturated rings. The number of aliphatic hydroxyl groups is 1. The summed E-state index contributed by atoms with van der Waals surface area (Å²) in [5.74, 6) is 0. The predicted octanol–water partition coefficient (Wildman–Crippen LogP) is 1.54. The van der Waals surface area contributed by atoms with E-state index in [1.165, 1.54) is 0 Å². The minimum atomic E-state index is -0.470. The van der Waals surface area contributed by atoms with Gasteiger partial charge in [-0.15, -0.1) is 0 Å². The summed E-state index contributed by atoms with van der Waals surface area (Å²) in [5.41, 5.74) is 2.25. The van der Waals surface area contributed by atoms with Gasteiger partial charge in [0.1, 0.15) is 0 Å². The van der Waals surface area contributed by atoms with Crippen molar-refractivity contribution in [2.45, 2.75) is 31.8 Å². The lowest BCUT2D eigenvalue weighted by Crippen LogP contribution is -2.16. The molecule has 1 saturated carbocycles. The van der Waals surface area contributed by atoms with Crippen LogP contribution in [0, 0.1) is 6.92 Å². The number of nitrogens with one attached hydrogen (secondary N) is 1. The Kier molecular flexibility index (Phi) is 2.41. The fourth-order valence-electron chi connectivity index (χ4n) is 2.24. The Morgan fingerprint density at radius 3 is 2.50 bits per heavy atom. The molecule has 1 aromatic heterocycles. The highest BCUT2D eigenvalue weighted by Gasteiger charge is 2.39. The summed E-state index contributed by atoms with van der Waals surface area (Å²) in [6.07, 6.45) is 4.19. The predicted molar refractivity (Wildman–Crippen MR) is 69.0 cm³/mol. The van der Waals surface area contributed by atoms with Gasteiger partial charge in [0.2, 0.25) is 0 Å². The molecule has 0 amide bonds. The van der Waals surface area contributed by atoms with E-state index in [9.17, 15) is 9.90 Å². The third kappa shape index (κ3) is 1.99. The largest absolute Gasteiger partial charge is 0.390 e. The first-order valence-corrected chi connectivity index (χ1v) is 6.16. The van der Waals surface area contributed by atoms with Crippen LogP contribution in [0.15, 0.2) is 35.3 Å². The number of hydrogen-bond acceptors (Lipinski definition) is 2. The van der Waals surface area contributed by atoms with Gasteiger partial charge in [-0.25, -0.2) is 4.79 Å². The fraction of sp³-hybridized carbons (Fsp3) is 0.357. The van der Waals surface area contributed by atoms with Crippen molar-refractivity contribution in [1.29, 1.82) is 0 Å². The van der Waals surface area contributed by atoms with Gasteiger partial charge in [0.25, 0.3) is 0 Å². The monoisotopic (exact) mass is 244 g/mol. The van der Waals surface area contributed by atoms with Gasteiger partial charge in [0.05, 0.1) is 11.3 Å². The highest BCUT2D eigenvalue weighted by molar-refractivity contribution is 5.36. The van der Waals surface area contributed by atoms with Crippen molar-refractivity contribution in [3.8, 4) is 5.69 Å². The second kappa shape index (κ2) is 3.85. The number of imidazole rings is 1. The van der Waals surface area contributed by atoms with E-state index in [2.05, 4.69) is 4.98 Å². The summed E-state index contributed by atoms with van der Waals surface area (Å²) < 4.78 is 1.63. The molecule has 1 aliphatic carbocycles. The molecule has 94 valence electrons. The van der Waals surface area contributed by atoms with Gasteiger partial charge in [-0.2, -0.15) is 0 Å². The quantitative estimate of drug-likeness (QED) is 0.860. The minimum Gasteiger partial charge on any atom is -0.390 e. The van der Waals surface area contributed by atoms with E-state index in [0.717, 1.165) is 29.8 Å². The molecule has 0 saturated heterocycles. The van der Waals surface area contributed by atoms with Gasteiger partial charge >= 0.3 is 5.69 Å². The van der Waals surface area contributed by atoms with Gasteiger partial charge in [-0.1, -0.05) is 12.1 Å². The van der Waals surface area contributed by atoms with Crippen molar-refractivity contribution >= 4 is 0 Å².